The van der Waals surface area contributed by atoms with Gasteiger partial charge in [-0.15, -0.1) is 0 Å². The summed E-state index contributed by atoms with van der Waals surface area (Å²) in [4.78, 5) is 2.30. The lowest BCUT2D eigenvalue weighted by atomic mass is 9.72. The molecule has 0 saturated carbocycles. The van der Waals surface area contributed by atoms with E-state index in [0.717, 1.165) is 17.1 Å². The first-order chi connectivity index (χ1) is 19.7. The largest absolute Gasteiger partial charge is 0.310 e. The van der Waals surface area contributed by atoms with Gasteiger partial charge in [-0.2, -0.15) is 5.26 Å². The topological polar surface area (TPSA) is 27.0 Å². The lowest BCUT2D eigenvalue weighted by Gasteiger charge is -2.31. The molecule has 0 fully saturated rings. The summed E-state index contributed by atoms with van der Waals surface area (Å²) in [5, 5.41) is 9.41. The summed E-state index contributed by atoms with van der Waals surface area (Å²) in [6.07, 6.45) is 2.30. The number of fused-ring (bicyclic) bond motifs is 3. The quantitative estimate of drug-likeness (QED) is 0.242. The third-order valence-electron chi connectivity index (χ3n) is 9.00. The Morgan fingerprint density at radius 3 is 2.10 bits per heavy atom. The smallest absolute Gasteiger partial charge is 0.0991 e. The molecule has 8 rings (SSSR count). The molecule has 0 aromatic heterocycles. The van der Waals surface area contributed by atoms with Crippen molar-refractivity contribution in [1.29, 1.82) is 5.26 Å². The Morgan fingerprint density at radius 1 is 0.650 bits per heavy atom. The zero-order valence-corrected chi connectivity index (χ0v) is 22.4. The Morgan fingerprint density at radius 2 is 1.32 bits per heavy atom. The van der Waals surface area contributed by atoms with Gasteiger partial charge in [0.1, 0.15) is 0 Å². The molecular formula is C38H26N2. The molecule has 5 aromatic carbocycles. The Bertz CT molecular complexity index is 1970. The van der Waals surface area contributed by atoms with Crippen LogP contribution < -0.4 is 4.90 Å². The van der Waals surface area contributed by atoms with Crippen LogP contribution in [0, 0.1) is 11.3 Å². The van der Waals surface area contributed by atoms with E-state index in [0.29, 0.717) is 5.56 Å². The van der Waals surface area contributed by atoms with Crippen molar-refractivity contribution in [3.05, 3.63) is 160 Å². The molecule has 0 bridgehead atoms. The second kappa shape index (κ2) is 8.18. The van der Waals surface area contributed by atoms with Crippen LogP contribution in [0.25, 0.3) is 22.3 Å². The van der Waals surface area contributed by atoms with Crippen LogP contribution in [0.1, 0.15) is 47.2 Å². The fourth-order valence-corrected chi connectivity index (χ4v) is 7.53. The van der Waals surface area contributed by atoms with Gasteiger partial charge >= 0.3 is 0 Å². The first-order valence-electron chi connectivity index (χ1n) is 13.8. The highest BCUT2D eigenvalue weighted by Crippen LogP contribution is 2.69. The van der Waals surface area contributed by atoms with Crippen LogP contribution in [0.4, 0.5) is 17.1 Å². The monoisotopic (exact) mass is 510 g/mol. The standard InChI is InChI=1S/C38H26N2/c1-3-29-32-13-9-14-33-31-21-20-28(40(26-10-5-4-6-11-26)27-18-16-25(23-39)17-19-27)22-35(31)38(37(32)33)34-15-8-7-12-30(34)24(2)36(29)38/h3-22H,1-2H3/b29-3-. The molecule has 0 heterocycles. The summed E-state index contributed by atoms with van der Waals surface area (Å²) in [6, 6.07) is 43.4. The summed E-state index contributed by atoms with van der Waals surface area (Å²) in [5.74, 6) is 0. The second-order valence-corrected chi connectivity index (χ2v) is 10.8. The third kappa shape index (κ3) is 2.72. The first kappa shape index (κ1) is 22.8. The Kier molecular flexibility index (Phi) is 4.67. The van der Waals surface area contributed by atoms with Crippen molar-refractivity contribution < 1.29 is 0 Å². The number of hydrogen-bond acceptors (Lipinski definition) is 2. The summed E-state index contributed by atoms with van der Waals surface area (Å²) < 4.78 is 0. The lowest BCUT2D eigenvalue weighted by Crippen LogP contribution is -2.24. The minimum Gasteiger partial charge on any atom is -0.310 e. The Hall–Kier alpha value is -5.13. The van der Waals surface area contributed by atoms with Gasteiger partial charge in [-0.3, -0.25) is 0 Å². The first-order valence-corrected chi connectivity index (χ1v) is 13.8. The van der Waals surface area contributed by atoms with Gasteiger partial charge in [0.25, 0.3) is 0 Å². The molecule has 3 aliphatic rings. The van der Waals surface area contributed by atoms with Gasteiger partial charge in [0, 0.05) is 17.1 Å². The maximum Gasteiger partial charge on any atom is 0.0991 e. The highest BCUT2D eigenvalue weighted by Gasteiger charge is 2.58. The molecule has 1 atom stereocenters. The van der Waals surface area contributed by atoms with Crippen LogP contribution >= 0.6 is 0 Å². The van der Waals surface area contributed by atoms with E-state index in [1.54, 1.807) is 0 Å². The van der Waals surface area contributed by atoms with Gasteiger partial charge in [-0.25, -0.2) is 0 Å². The van der Waals surface area contributed by atoms with E-state index in [1.807, 2.05) is 30.3 Å². The molecule has 1 unspecified atom stereocenters. The molecule has 0 aliphatic heterocycles. The van der Waals surface area contributed by atoms with Crippen LogP contribution in [-0.2, 0) is 5.41 Å². The second-order valence-electron chi connectivity index (χ2n) is 10.8. The molecule has 40 heavy (non-hydrogen) atoms. The molecular weight excluding hydrogens is 484 g/mol. The highest BCUT2D eigenvalue weighted by atomic mass is 15.1. The maximum atomic E-state index is 9.41. The van der Waals surface area contributed by atoms with Crippen molar-refractivity contribution in [1.82, 2.24) is 0 Å². The predicted octanol–water partition coefficient (Wildman–Crippen LogP) is 9.55. The highest BCUT2D eigenvalue weighted by molar-refractivity contribution is 6.10. The molecule has 1 spiro atoms. The van der Waals surface area contributed by atoms with Gasteiger partial charge in [-0.1, -0.05) is 72.8 Å². The number of allylic oxidation sites excluding steroid dienone is 4. The van der Waals surface area contributed by atoms with E-state index >= 15 is 0 Å². The van der Waals surface area contributed by atoms with E-state index in [2.05, 4.69) is 116 Å². The summed E-state index contributed by atoms with van der Waals surface area (Å²) in [7, 11) is 0. The van der Waals surface area contributed by atoms with Gasteiger partial charge in [0.15, 0.2) is 0 Å². The fourth-order valence-electron chi connectivity index (χ4n) is 7.53. The predicted molar refractivity (Wildman–Crippen MR) is 164 cm³/mol. The number of nitrogens with zero attached hydrogens (tertiary/aromatic N) is 2. The normalized spacial score (nSPS) is 18.3. The van der Waals surface area contributed by atoms with Crippen molar-refractivity contribution in [2.24, 2.45) is 0 Å². The summed E-state index contributed by atoms with van der Waals surface area (Å²) in [5.41, 5.74) is 17.2. The number of hydrogen-bond donors (Lipinski definition) is 0. The minimum absolute atomic E-state index is 0.313. The summed E-state index contributed by atoms with van der Waals surface area (Å²) >= 11 is 0. The van der Waals surface area contributed by atoms with E-state index in [9.17, 15) is 5.26 Å². The Balaban J connectivity index is 1.44. The number of para-hydroxylation sites is 1. The van der Waals surface area contributed by atoms with Crippen molar-refractivity contribution in [2.45, 2.75) is 19.3 Å². The average Bonchev–Trinajstić information content (AvgIpc) is 3.58. The van der Waals surface area contributed by atoms with E-state index in [4.69, 9.17) is 0 Å². The third-order valence-corrected chi connectivity index (χ3v) is 9.00. The minimum atomic E-state index is -0.313. The number of benzene rings is 5. The van der Waals surface area contributed by atoms with E-state index in [1.165, 1.54) is 55.7 Å². The molecule has 2 nitrogen and oxygen atoms in total. The van der Waals surface area contributed by atoms with Crippen molar-refractivity contribution >= 4 is 28.2 Å². The molecule has 0 saturated heterocycles. The van der Waals surface area contributed by atoms with Crippen molar-refractivity contribution in [3.8, 4) is 17.2 Å². The molecule has 0 radical (unpaired) electrons. The van der Waals surface area contributed by atoms with Gasteiger partial charge < -0.3 is 4.90 Å². The van der Waals surface area contributed by atoms with Crippen molar-refractivity contribution in [2.75, 3.05) is 4.90 Å². The zero-order chi connectivity index (χ0) is 27.0. The summed E-state index contributed by atoms with van der Waals surface area (Å²) in [6.45, 7) is 4.47. The Labute approximate surface area is 234 Å². The molecule has 0 N–H and O–H groups in total. The van der Waals surface area contributed by atoms with E-state index in [-0.39, 0.29) is 5.41 Å². The van der Waals surface area contributed by atoms with Crippen LogP contribution in [0.3, 0.4) is 0 Å². The molecule has 5 aromatic rings. The van der Waals surface area contributed by atoms with E-state index < -0.39 is 0 Å². The number of nitriles is 1. The molecule has 3 aliphatic carbocycles. The fraction of sp³-hybridized carbons (Fsp3) is 0.0789. The van der Waals surface area contributed by atoms with Crippen molar-refractivity contribution in [3.63, 3.8) is 0 Å². The lowest BCUT2D eigenvalue weighted by molar-refractivity contribution is 0.811. The molecule has 188 valence electrons. The maximum absolute atomic E-state index is 9.41. The number of rotatable bonds is 3. The van der Waals surface area contributed by atoms with Crippen LogP contribution in [0.15, 0.2) is 127 Å². The van der Waals surface area contributed by atoms with Gasteiger partial charge in [0.05, 0.1) is 17.0 Å². The zero-order valence-electron chi connectivity index (χ0n) is 22.4. The molecule has 0 amide bonds. The SMILES string of the molecule is C/C=C1\C2=C(C)c3ccccc3C23c2cc(N(c4ccccc4)c4ccc(C#N)cc4)ccc2-c2cccc1c23. The van der Waals surface area contributed by atoms with Crippen LogP contribution in [-0.4, -0.2) is 0 Å². The van der Waals surface area contributed by atoms with Gasteiger partial charge in [-0.05, 0) is 118 Å². The van der Waals surface area contributed by atoms with Gasteiger partial charge in [0.2, 0.25) is 0 Å². The molecule has 2 heteroatoms. The van der Waals surface area contributed by atoms with Crippen LogP contribution in [0.2, 0.25) is 0 Å². The number of anilines is 3. The van der Waals surface area contributed by atoms with Crippen LogP contribution in [0.5, 0.6) is 0 Å². The average molecular weight is 511 g/mol.